The second-order valence-corrected chi connectivity index (χ2v) is 19.1. The van der Waals surface area contributed by atoms with Crippen LogP contribution in [0.4, 0.5) is 0 Å². The molecule has 0 radical (unpaired) electrons. The SMILES string of the molecule is COC1CC(C=CC(=O)OC[C@H]2O[C@@H](OC[C@H]3O[C@@H](OC4CC5C(O)CC(O)CC5OC4C4CCC(O)C(O)C4)[C@H](O[C@@H]4OC[C@@H](O)[C@H](O)[C@H]4O)[C@@H](O)[C@H]3O)[C@H](O)[C@@H](O)[C@@H]2O)CC(OC)C1O. The minimum atomic E-state index is -1.92. The third-order valence-electron chi connectivity index (χ3n) is 14.6. The van der Waals surface area contributed by atoms with Gasteiger partial charge in [-0.05, 0) is 63.2 Å². The van der Waals surface area contributed by atoms with E-state index in [9.17, 15) is 71.2 Å². The highest BCUT2D eigenvalue weighted by Crippen LogP contribution is 2.44. The molecule has 4 heterocycles. The zero-order valence-electron chi connectivity index (χ0n) is 37.3. The maximum atomic E-state index is 12.8. The normalized spacial score (nSPS) is 51.0. The van der Waals surface area contributed by atoms with Gasteiger partial charge >= 0.3 is 5.97 Å². The molecule has 13 N–H and O–H groups in total. The van der Waals surface area contributed by atoms with E-state index in [0.29, 0.717) is 19.3 Å². The lowest BCUT2D eigenvalue weighted by molar-refractivity contribution is -0.376. The predicted molar refractivity (Wildman–Crippen MR) is 219 cm³/mol. The fourth-order valence-corrected chi connectivity index (χ4v) is 10.6. The van der Waals surface area contributed by atoms with E-state index in [1.54, 1.807) is 6.08 Å². The Balaban J connectivity index is 1.05. The Morgan fingerprint density at radius 2 is 1.22 bits per heavy atom. The first-order valence-corrected chi connectivity index (χ1v) is 23.1. The fraction of sp³-hybridized carbons (Fsp3) is 0.930. The third kappa shape index (κ3) is 12.2. The summed E-state index contributed by atoms with van der Waals surface area (Å²) in [5.74, 6) is -1.99. The van der Waals surface area contributed by atoms with Gasteiger partial charge in [0.05, 0.1) is 68.1 Å². The van der Waals surface area contributed by atoms with Crippen molar-refractivity contribution in [1.29, 1.82) is 0 Å². The second-order valence-electron chi connectivity index (χ2n) is 19.1. The number of methoxy groups -OCH3 is 2. The molecule has 7 fully saturated rings. The van der Waals surface area contributed by atoms with Gasteiger partial charge in [-0.2, -0.15) is 0 Å². The quantitative estimate of drug-likeness (QED) is 0.0570. The number of ether oxygens (including phenoxy) is 10. The fourth-order valence-electron chi connectivity index (χ4n) is 10.6. The van der Waals surface area contributed by atoms with Gasteiger partial charge in [0.25, 0.3) is 0 Å². The molecule has 0 aromatic heterocycles. The lowest BCUT2D eigenvalue weighted by Crippen LogP contribution is -2.65. The van der Waals surface area contributed by atoms with E-state index in [4.69, 9.17) is 47.4 Å². The molecule has 7 aliphatic rings. The van der Waals surface area contributed by atoms with Crippen molar-refractivity contribution >= 4 is 5.97 Å². The number of carbonyl (C=O) groups is 1. The standard InChI is InChI=1S/C43H70O24/c1-58-25-7-16(8-26(59-2)32(25)51)3-6-30(49)60-14-28-33(52)35(54)38(57)41(65-28)62-15-29-34(53)36(55)40(67-42-37(56)31(50)23(48)13-61-42)43(66-29)64-27-12-19-21(46)10-18(44)11-24(19)63-39(27)17-4-5-20(45)22(47)9-17/h3,6,16-29,31-48,50-57H,4-5,7-15H2,1-2H3/t16?,17?,18?,19?,20?,21?,22?,23-,24?,25?,26?,27?,28-,29-,31+,32?,33-,34+,35+,36+,37-,38-,39?,40-,41-,42+,43-/m1/s1. The van der Waals surface area contributed by atoms with Crippen molar-refractivity contribution in [2.75, 3.05) is 34.0 Å². The van der Waals surface area contributed by atoms with Gasteiger partial charge in [0, 0.05) is 26.2 Å². The molecule has 25 atom stereocenters. The van der Waals surface area contributed by atoms with Gasteiger partial charge in [-0.3, -0.25) is 0 Å². The first kappa shape index (κ1) is 53.1. The van der Waals surface area contributed by atoms with Crippen LogP contribution in [-0.2, 0) is 52.2 Å². The molecule has 0 aromatic carbocycles. The third-order valence-corrected chi connectivity index (χ3v) is 14.6. The van der Waals surface area contributed by atoms with Crippen LogP contribution in [-0.4, -0.2) is 253 Å². The van der Waals surface area contributed by atoms with Crippen LogP contribution in [0.15, 0.2) is 12.2 Å². The monoisotopic (exact) mass is 970 g/mol. The van der Waals surface area contributed by atoms with E-state index in [-0.39, 0.29) is 38.0 Å². The summed E-state index contributed by atoms with van der Waals surface area (Å²) in [7, 11) is 2.91. The number of aliphatic hydroxyl groups is 13. The number of hydrogen-bond donors (Lipinski definition) is 13. The van der Waals surface area contributed by atoms with Crippen LogP contribution in [0.1, 0.15) is 51.4 Å². The van der Waals surface area contributed by atoms with Crippen molar-refractivity contribution < 1.29 is 119 Å². The highest BCUT2D eigenvalue weighted by Gasteiger charge is 2.55. The van der Waals surface area contributed by atoms with Crippen LogP contribution in [0, 0.1) is 17.8 Å². The highest BCUT2D eigenvalue weighted by atomic mass is 16.8. The van der Waals surface area contributed by atoms with Gasteiger partial charge in [0.2, 0.25) is 0 Å². The number of carbonyl (C=O) groups excluding carboxylic acids is 1. The zero-order chi connectivity index (χ0) is 48.4. The molecule has 4 aliphatic heterocycles. The molecule has 0 aromatic rings. The Morgan fingerprint density at radius 1 is 0.567 bits per heavy atom. The van der Waals surface area contributed by atoms with Crippen LogP contribution in [0.5, 0.6) is 0 Å². The Hall–Kier alpha value is -1.67. The topological polar surface area (TPSA) is 372 Å². The van der Waals surface area contributed by atoms with Gasteiger partial charge in [0.15, 0.2) is 18.9 Å². The number of aliphatic hydroxyl groups excluding tert-OH is 13. The maximum absolute atomic E-state index is 12.8. The van der Waals surface area contributed by atoms with Crippen molar-refractivity contribution in [1.82, 2.24) is 0 Å². The molecular weight excluding hydrogens is 900 g/mol. The highest BCUT2D eigenvalue weighted by molar-refractivity contribution is 5.81. The smallest absolute Gasteiger partial charge is 0.330 e. The first-order valence-electron chi connectivity index (χ1n) is 23.1. The molecule has 11 unspecified atom stereocenters. The van der Waals surface area contributed by atoms with E-state index >= 15 is 0 Å². The summed E-state index contributed by atoms with van der Waals surface area (Å²) in [4.78, 5) is 12.8. The molecule has 386 valence electrons. The summed E-state index contributed by atoms with van der Waals surface area (Å²) in [6.07, 6.45) is -27.6. The van der Waals surface area contributed by atoms with Gasteiger partial charge in [0.1, 0.15) is 79.9 Å². The van der Waals surface area contributed by atoms with Crippen LogP contribution >= 0.6 is 0 Å². The Bertz CT molecular complexity index is 1580. The summed E-state index contributed by atoms with van der Waals surface area (Å²) in [6.45, 7) is -1.76. The van der Waals surface area contributed by atoms with Crippen LogP contribution < -0.4 is 0 Å². The number of esters is 1. The molecule has 24 heteroatoms. The summed E-state index contributed by atoms with van der Waals surface area (Å²) in [6, 6.07) is 0. The largest absolute Gasteiger partial charge is 0.460 e. The van der Waals surface area contributed by atoms with E-state index in [1.807, 2.05) is 0 Å². The summed E-state index contributed by atoms with van der Waals surface area (Å²) >= 11 is 0. The molecule has 0 bridgehead atoms. The van der Waals surface area contributed by atoms with E-state index < -0.39 is 185 Å². The average molecular weight is 971 g/mol. The molecule has 4 saturated heterocycles. The van der Waals surface area contributed by atoms with Crippen LogP contribution in [0.3, 0.4) is 0 Å². The van der Waals surface area contributed by atoms with Gasteiger partial charge < -0.3 is 114 Å². The van der Waals surface area contributed by atoms with Gasteiger partial charge in [-0.25, -0.2) is 4.79 Å². The van der Waals surface area contributed by atoms with Crippen LogP contribution in [0.25, 0.3) is 0 Å². The molecule has 0 spiro atoms. The summed E-state index contributed by atoms with van der Waals surface area (Å²) < 4.78 is 58.2. The predicted octanol–water partition coefficient (Wildman–Crippen LogP) is -5.82. The van der Waals surface area contributed by atoms with Crippen molar-refractivity contribution in [3.8, 4) is 0 Å². The summed E-state index contributed by atoms with van der Waals surface area (Å²) in [5, 5.41) is 140. The van der Waals surface area contributed by atoms with Gasteiger partial charge in [-0.15, -0.1) is 0 Å². The number of allylic oxidation sites excluding steroid dienone is 1. The lowest BCUT2D eigenvalue weighted by Gasteiger charge is -2.51. The minimum absolute atomic E-state index is 0.0661. The summed E-state index contributed by atoms with van der Waals surface area (Å²) in [5.41, 5.74) is 0. The van der Waals surface area contributed by atoms with E-state index in [1.165, 1.54) is 14.2 Å². The van der Waals surface area contributed by atoms with E-state index in [0.717, 1.165) is 6.08 Å². The Kier molecular flexibility index (Phi) is 18.4. The minimum Gasteiger partial charge on any atom is -0.460 e. The first-order chi connectivity index (χ1) is 31.9. The lowest BCUT2D eigenvalue weighted by atomic mass is 9.72. The molecular formula is C43H70O24. The second kappa shape index (κ2) is 23.3. The van der Waals surface area contributed by atoms with Crippen molar-refractivity contribution in [2.24, 2.45) is 17.8 Å². The number of rotatable bonds is 14. The molecule has 3 saturated carbocycles. The van der Waals surface area contributed by atoms with Crippen molar-refractivity contribution in [3.63, 3.8) is 0 Å². The molecule has 0 amide bonds. The Morgan fingerprint density at radius 3 is 1.91 bits per heavy atom. The number of fused-ring (bicyclic) bond motifs is 1. The molecule has 3 aliphatic carbocycles. The van der Waals surface area contributed by atoms with Crippen LogP contribution in [0.2, 0.25) is 0 Å². The maximum Gasteiger partial charge on any atom is 0.330 e. The average Bonchev–Trinajstić information content (AvgIpc) is 3.30. The number of hydrogen-bond acceptors (Lipinski definition) is 24. The Labute approximate surface area is 386 Å². The van der Waals surface area contributed by atoms with Crippen molar-refractivity contribution in [2.45, 2.75) is 198 Å². The van der Waals surface area contributed by atoms with Gasteiger partial charge in [-0.1, -0.05) is 6.08 Å². The molecule has 67 heavy (non-hydrogen) atoms. The zero-order valence-corrected chi connectivity index (χ0v) is 37.3. The van der Waals surface area contributed by atoms with E-state index in [2.05, 4.69) is 0 Å². The van der Waals surface area contributed by atoms with Crippen molar-refractivity contribution in [3.05, 3.63) is 12.2 Å². The molecule has 7 rings (SSSR count). The molecule has 24 nitrogen and oxygen atoms in total.